The van der Waals surface area contributed by atoms with E-state index in [0.717, 1.165) is 27.0 Å². The Kier molecular flexibility index (Phi) is 4.86. The number of anilines is 1. The van der Waals surface area contributed by atoms with Crippen molar-refractivity contribution in [2.75, 3.05) is 11.4 Å². The highest BCUT2D eigenvalue weighted by molar-refractivity contribution is 7.49. The van der Waals surface area contributed by atoms with Gasteiger partial charge in [0.2, 0.25) is 0 Å². The van der Waals surface area contributed by atoms with Crippen molar-refractivity contribution in [1.29, 1.82) is 0 Å². The normalized spacial score (nSPS) is 19.7. The van der Waals surface area contributed by atoms with Gasteiger partial charge >= 0.3 is 13.8 Å². The van der Waals surface area contributed by atoms with E-state index < -0.39 is 19.9 Å². The first-order chi connectivity index (χ1) is 14.2. The van der Waals surface area contributed by atoms with Gasteiger partial charge in [0.05, 0.1) is 18.3 Å². The summed E-state index contributed by atoms with van der Waals surface area (Å²) in [5.74, 6) is 0.318. The molecule has 4 rings (SSSR count). The van der Waals surface area contributed by atoms with Gasteiger partial charge in [0.25, 0.3) is 5.82 Å². The van der Waals surface area contributed by atoms with Crippen molar-refractivity contribution in [3.63, 3.8) is 0 Å². The zero-order valence-electron chi connectivity index (χ0n) is 16.1. The molecule has 0 aliphatic carbocycles. The highest BCUT2D eigenvalue weighted by Crippen LogP contribution is 2.46. The molecule has 0 radical (unpaired) electrons. The lowest BCUT2D eigenvalue weighted by atomic mass is 10.0. The summed E-state index contributed by atoms with van der Waals surface area (Å²) in [6.45, 7) is 12.0. The molecule has 0 saturated carbocycles. The number of carbonyl (C=O) groups excluding carboxylic acids is 1. The number of benzene rings is 1. The van der Waals surface area contributed by atoms with Crippen molar-refractivity contribution in [1.82, 2.24) is 9.65 Å². The second-order valence-electron chi connectivity index (χ2n) is 7.25. The SMILES string of the molecule is [C-]#[N+]c1ccc(-c2ccc3c(c2)C[C@H]2[C@H](CN(C(=C)C)P(=O)(O)O)OC(=O)N32)cn1. The van der Waals surface area contributed by atoms with Gasteiger partial charge in [-0.25, -0.2) is 9.36 Å². The molecular formula is C20H19N4O5P. The average molecular weight is 426 g/mol. The fraction of sp³-hybridized carbons (Fsp3) is 0.250. The number of aromatic nitrogens is 1. The van der Waals surface area contributed by atoms with E-state index in [4.69, 9.17) is 11.3 Å². The van der Waals surface area contributed by atoms with Gasteiger partial charge in [0, 0.05) is 11.3 Å². The highest BCUT2D eigenvalue weighted by Gasteiger charge is 2.49. The predicted octanol–water partition coefficient (Wildman–Crippen LogP) is 3.48. The lowest BCUT2D eigenvalue weighted by Gasteiger charge is -2.28. The zero-order valence-corrected chi connectivity index (χ0v) is 17.0. The van der Waals surface area contributed by atoms with Gasteiger partial charge in [0.1, 0.15) is 12.3 Å². The fourth-order valence-electron chi connectivity index (χ4n) is 3.89. The summed E-state index contributed by atoms with van der Waals surface area (Å²) in [6.07, 6.45) is 0.884. The molecule has 0 spiro atoms. The molecule has 30 heavy (non-hydrogen) atoms. The first-order valence-electron chi connectivity index (χ1n) is 9.15. The van der Waals surface area contributed by atoms with Crippen LogP contribution in [0.25, 0.3) is 16.0 Å². The number of hydrogen-bond acceptors (Lipinski definition) is 4. The lowest BCUT2D eigenvalue weighted by molar-refractivity contribution is 0.115. The van der Waals surface area contributed by atoms with Gasteiger partial charge in [-0.05, 0) is 42.7 Å². The Morgan fingerprint density at radius 2 is 2.13 bits per heavy atom. The molecule has 2 aliphatic rings. The quantitative estimate of drug-likeness (QED) is 0.557. The number of rotatable bonds is 5. The van der Waals surface area contributed by atoms with E-state index in [0.29, 0.717) is 12.2 Å². The number of ether oxygens (including phenoxy) is 1. The molecule has 9 nitrogen and oxygen atoms in total. The fourth-order valence-corrected chi connectivity index (χ4v) is 4.71. The maximum absolute atomic E-state index is 12.5. The summed E-state index contributed by atoms with van der Waals surface area (Å²) < 4.78 is 18.1. The van der Waals surface area contributed by atoms with Gasteiger partial charge in [-0.2, -0.15) is 0 Å². The molecule has 1 saturated heterocycles. The third kappa shape index (κ3) is 3.46. The predicted molar refractivity (Wildman–Crippen MR) is 110 cm³/mol. The molecule has 154 valence electrons. The summed E-state index contributed by atoms with van der Waals surface area (Å²) in [6, 6.07) is 8.77. The molecule has 1 aromatic carbocycles. The Labute approximate surface area is 173 Å². The van der Waals surface area contributed by atoms with Crippen molar-refractivity contribution >= 4 is 25.3 Å². The van der Waals surface area contributed by atoms with Gasteiger partial charge < -0.3 is 19.4 Å². The number of hydrogen-bond donors (Lipinski definition) is 2. The van der Waals surface area contributed by atoms with E-state index >= 15 is 0 Å². The summed E-state index contributed by atoms with van der Waals surface area (Å²) in [4.78, 5) is 40.6. The number of fused-ring (bicyclic) bond motifs is 3. The molecule has 0 unspecified atom stereocenters. The number of carbonyl (C=O) groups is 1. The van der Waals surface area contributed by atoms with Gasteiger partial charge in [0.15, 0.2) is 0 Å². The van der Waals surface area contributed by atoms with Crippen LogP contribution in [0.1, 0.15) is 12.5 Å². The van der Waals surface area contributed by atoms with Crippen molar-refractivity contribution in [3.8, 4) is 11.1 Å². The number of allylic oxidation sites excluding steroid dienone is 1. The van der Waals surface area contributed by atoms with Crippen LogP contribution in [0.4, 0.5) is 16.3 Å². The molecule has 1 amide bonds. The Morgan fingerprint density at radius 3 is 2.73 bits per heavy atom. The summed E-state index contributed by atoms with van der Waals surface area (Å²) in [5, 5.41) is 0. The van der Waals surface area contributed by atoms with Crippen LogP contribution in [-0.2, 0) is 15.7 Å². The van der Waals surface area contributed by atoms with Crippen LogP contribution in [0, 0.1) is 6.57 Å². The van der Waals surface area contributed by atoms with Crippen LogP contribution in [0.3, 0.4) is 0 Å². The largest absolute Gasteiger partial charge is 0.442 e. The highest BCUT2D eigenvalue weighted by atomic mass is 31.2. The molecule has 2 N–H and O–H groups in total. The second kappa shape index (κ2) is 7.26. The van der Waals surface area contributed by atoms with Crippen molar-refractivity contribution < 1.29 is 23.9 Å². The van der Waals surface area contributed by atoms with E-state index in [2.05, 4.69) is 16.4 Å². The molecule has 3 heterocycles. The summed E-state index contributed by atoms with van der Waals surface area (Å²) >= 11 is 0. The Bertz CT molecular complexity index is 1120. The number of cyclic esters (lactones) is 1. The summed E-state index contributed by atoms with van der Waals surface area (Å²) in [5.41, 5.74) is 3.62. The molecular weight excluding hydrogens is 407 g/mol. The van der Waals surface area contributed by atoms with E-state index in [1.165, 1.54) is 6.92 Å². The Balaban J connectivity index is 1.61. The van der Waals surface area contributed by atoms with Gasteiger partial charge in [-0.3, -0.25) is 9.57 Å². The second-order valence-corrected chi connectivity index (χ2v) is 8.76. The van der Waals surface area contributed by atoms with Crippen molar-refractivity contribution in [3.05, 3.63) is 65.8 Å². The zero-order chi connectivity index (χ0) is 21.6. The third-order valence-electron chi connectivity index (χ3n) is 5.28. The number of amides is 1. The molecule has 1 aromatic heterocycles. The van der Waals surface area contributed by atoms with Crippen LogP contribution in [0.2, 0.25) is 0 Å². The van der Waals surface area contributed by atoms with E-state index in [-0.39, 0.29) is 18.3 Å². The first kappa shape index (κ1) is 20.1. The summed E-state index contributed by atoms with van der Waals surface area (Å²) in [7, 11) is -4.57. The monoisotopic (exact) mass is 426 g/mol. The maximum atomic E-state index is 12.5. The molecule has 2 aliphatic heterocycles. The van der Waals surface area contributed by atoms with E-state index in [9.17, 15) is 19.1 Å². The molecule has 1 fully saturated rings. The van der Waals surface area contributed by atoms with Crippen LogP contribution in [0.5, 0.6) is 0 Å². The molecule has 2 aromatic rings. The molecule has 0 bridgehead atoms. The van der Waals surface area contributed by atoms with Crippen molar-refractivity contribution in [2.24, 2.45) is 0 Å². The minimum Gasteiger partial charge on any atom is -0.442 e. The Hall–Kier alpha value is -3.18. The number of pyridine rings is 1. The first-order valence-corrected chi connectivity index (χ1v) is 10.7. The minimum absolute atomic E-state index is 0.143. The lowest BCUT2D eigenvalue weighted by Crippen LogP contribution is -2.39. The minimum atomic E-state index is -4.57. The topological polar surface area (TPSA) is 108 Å². The van der Waals surface area contributed by atoms with Crippen LogP contribution in [-0.4, -0.2) is 44.2 Å². The standard InChI is InChI=1S/C20H19N4O5P/c1-12(2)23(30(26,27)28)11-18-17-9-15-8-13(14-5-7-19(21-3)22-10-14)4-6-16(15)24(17)20(25)29-18/h4-8,10,17-18H,1,9,11H2,2H3,(H2,26,27,28)/t17-,18-/m0/s1. The molecule has 2 atom stereocenters. The third-order valence-corrected chi connectivity index (χ3v) is 6.42. The number of nitrogens with zero attached hydrogens (tertiary/aromatic N) is 4. The molecule has 10 heteroatoms. The van der Waals surface area contributed by atoms with E-state index in [1.54, 1.807) is 17.2 Å². The Morgan fingerprint density at radius 1 is 1.40 bits per heavy atom. The van der Waals surface area contributed by atoms with E-state index in [1.807, 2.05) is 24.3 Å². The van der Waals surface area contributed by atoms with Crippen LogP contribution >= 0.6 is 7.75 Å². The smallest absolute Gasteiger partial charge is 0.429 e. The van der Waals surface area contributed by atoms with Crippen molar-refractivity contribution in [2.45, 2.75) is 25.5 Å². The van der Waals surface area contributed by atoms with Crippen LogP contribution in [0.15, 0.2) is 48.8 Å². The van der Waals surface area contributed by atoms with Gasteiger partial charge in [-0.1, -0.05) is 25.3 Å². The average Bonchev–Trinajstić information content (AvgIpc) is 3.22. The van der Waals surface area contributed by atoms with Crippen LogP contribution < -0.4 is 4.90 Å². The van der Waals surface area contributed by atoms with Gasteiger partial charge in [-0.15, -0.1) is 4.98 Å². The maximum Gasteiger partial charge on any atom is 0.429 e.